The van der Waals surface area contributed by atoms with Crippen molar-refractivity contribution >= 4 is 31.1 Å². The highest BCUT2D eigenvalue weighted by Gasteiger charge is 2.17. The van der Waals surface area contributed by atoms with Crippen LogP contribution in [0.15, 0.2) is 0 Å². The van der Waals surface area contributed by atoms with Gasteiger partial charge in [0.25, 0.3) is 0 Å². The van der Waals surface area contributed by atoms with Gasteiger partial charge in [-0.1, -0.05) is 32.1 Å². The molecule has 0 bridgehead atoms. The fourth-order valence-electron chi connectivity index (χ4n) is 1.98. The smallest absolute Gasteiger partial charge is 0.307 e. The molecule has 2 heteroatoms. The highest BCUT2D eigenvalue weighted by Crippen LogP contribution is 2.30. The van der Waals surface area contributed by atoms with Crippen LogP contribution in [-0.4, -0.2) is 18.2 Å². The molecule has 0 N–H and O–H groups in total. The van der Waals surface area contributed by atoms with E-state index in [1.165, 1.54) is 30.2 Å². The van der Waals surface area contributed by atoms with E-state index in [2.05, 4.69) is 19.8 Å². The van der Waals surface area contributed by atoms with Crippen LogP contribution in [0.2, 0.25) is 4.55 Å². The zero-order chi connectivity index (χ0) is 7.40. The summed E-state index contributed by atoms with van der Waals surface area (Å²) in [5.74, 6) is 2.11. The third-order valence-electron chi connectivity index (χ3n) is 2.56. The molecule has 0 nitrogen and oxygen atoms in total. The largest absolute Gasteiger partial charge is 0.468 e. The second-order valence-electron chi connectivity index (χ2n) is 3.62. The van der Waals surface area contributed by atoms with E-state index in [-0.39, 0.29) is 18.2 Å². The van der Waals surface area contributed by atoms with Crippen LogP contribution < -0.4 is 0 Å². The summed E-state index contributed by atoms with van der Waals surface area (Å²) >= 11 is 3.80. The lowest BCUT2D eigenvalue weighted by atomic mass is 9.83. The molecule has 10 heavy (non-hydrogen) atoms. The minimum absolute atomic E-state index is 0.159. The lowest BCUT2D eigenvalue weighted by Gasteiger charge is -2.26. The SMILES string of the molecule is CC1CCCC([CH2][Mg][Br])C1. The Bertz CT molecular complexity index is 93.3. The first kappa shape index (κ1) is 9.34. The molecule has 1 saturated carbocycles. The van der Waals surface area contributed by atoms with E-state index in [1.807, 2.05) is 0 Å². The van der Waals surface area contributed by atoms with Crippen LogP contribution in [0, 0.1) is 11.8 Å². The third-order valence-corrected chi connectivity index (χ3v) is 4.97. The van der Waals surface area contributed by atoms with Crippen molar-refractivity contribution in [1.82, 2.24) is 0 Å². The minimum Gasteiger partial charge on any atom is -0.307 e. The van der Waals surface area contributed by atoms with Gasteiger partial charge in [0, 0.05) is 0 Å². The zero-order valence-electron chi connectivity index (χ0n) is 6.78. The maximum absolute atomic E-state index is 3.64. The van der Waals surface area contributed by atoms with Gasteiger partial charge >= 0.3 is 18.2 Å². The van der Waals surface area contributed by atoms with E-state index >= 15 is 0 Å². The number of rotatable bonds is 2. The average molecular weight is 215 g/mol. The van der Waals surface area contributed by atoms with Gasteiger partial charge in [0.2, 0.25) is 0 Å². The van der Waals surface area contributed by atoms with E-state index in [0.717, 1.165) is 11.8 Å². The van der Waals surface area contributed by atoms with Crippen LogP contribution in [0.5, 0.6) is 0 Å². The van der Waals surface area contributed by atoms with Crippen molar-refractivity contribution in [3.05, 3.63) is 0 Å². The van der Waals surface area contributed by atoms with E-state index in [4.69, 9.17) is 0 Å². The summed E-state index contributed by atoms with van der Waals surface area (Å²) in [5.41, 5.74) is 0. The van der Waals surface area contributed by atoms with Crippen LogP contribution >= 0.6 is 12.9 Å². The second kappa shape index (κ2) is 4.99. The van der Waals surface area contributed by atoms with Crippen molar-refractivity contribution in [2.45, 2.75) is 37.2 Å². The van der Waals surface area contributed by atoms with E-state index < -0.39 is 0 Å². The molecule has 2 atom stereocenters. The molecule has 2 unspecified atom stereocenters. The van der Waals surface area contributed by atoms with Gasteiger partial charge in [-0.3, -0.25) is 0 Å². The standard InChI is InChI=1S/C8H15.BrH.Mg/c1-7-4-3-5-8(2)6-7;;/h7-8H,1,3-6H2,2H3;1H;/q;;+1/p-1. The molecule has 0 aromatic heterocycles. The first-order chi connectivity index (χ1) is 4.83. The summed E-state index contributed by atoms with van der Waals surface area (Å²) in [6.45, 7) is 2.40. The first-order valence-corrected chi connectivity index (χ1v) is 9.28. The van der Waals surface area contributed by atoms with Gasteiger partial charge in [-0.2, -0.15) is 0 Å². The highest BCUT2D eigenvalue weighted by molar-refractivity contribution is 9.23. The molecule has 1 aliphatic carbocycles. The second-order valence-corrected chi connectivity index (χ2v) is 6.95. The summed E-state index contributed by atoms with van der Waals surface area (Å²) < 4.78 is 1.53. The van der Waals surface area contributed by atoms with Gasteiger partial charge in [-0.25, -0.2) is 0 Å². The summed E-state index contributed by atoms with van der Waals surface area (Å²) in [7, 11) is 0. The van der Waals surface area contributed by atoms with Crippen LogP contribution in [0.3, 0.4) is 0 Å². The molecule has 0 aliphatic heterocycles. The van der Waals surface area contributed by atoms with Crippen LogP contribution in [0.25, 0.3) is 0 Å². The van der Waals surface area contributed by atoms with Crippen LogP contribution in [-0.2, 0) is 0 Å². The van der Waals surface area contributed by atoms with Crippen molar-refractivity contribution in [2.24, 2.45) is 11.8 Å². The Kier molecular flexibility index (Phi) is 4.66. The maximum Gasteiger partial charge on any atom is 0.468 e. The molecule has 0 saturated heterocycles. The molecule has 0 heterocycles. The normalized spacial score (nSPS) is 33.4. The summed E-state index contributed by atoms with van der Waals surface area (Å²) in [6.07, 6.45) is 6.01. The Hall–Kier alpha value is 1.25. The van der Waals surface area contributed by atoms with Gasteiger partial charge in [0.1, 0.15) is 0 Å². The lowest BCUT2D eigenvalue weighted by Crippen LogP contribution is -2.13. The molecular formula is C8H15BrMg. The molecule has 56 valence electrons. The molecule has 0 amide bonds. The van der Waals surface area contributed by atoms with Crippen molar-refractivity contribution in [2.75, 3.05) is 0 Å². The Balaban J connectivity index is 2.18. The molecule has 1 aliphatic rings. The van der Waals surface area contributed by atoms with Crippen molar-refractivity contribution in [3.63, 3.8) is 0 Å². The predicted octanol–water partition coefficient (Wildman–Crippen LogP) is 3.25. The van der Waals surface area contributed by atoms with Crippen molar-refractivity contribution in [3.8, 4) is 0 Å². The van der Waals surface area contributed by atoms with Crippen LogP contribution in [0.4, 0.5) is 0 Å². The molecule has 0 spiro atoms. The summed E-state index contributed by atoms with van der Waals surface area (Å²) in [6, 6.07) is 0. The van der Waals surface area contributed by atoms with Gasteiger partial charge in [-0.15, -0.1) is 4.55 Å². The van der Waals surface area contributed by atoms with Gasteiger partial charge < -0.3 is 12.9 Å². The van der Waals surface area contributed by atoms with Gasteiger partial charge in [0.15, 0.2) is 0 Å². The monoisotopic (exact) mass is 214 g/mol. The average Bonchev–Trinajstić information content (AvgIpc) is 1.88. The molecule has 0 aromatic rings. The Morgan fingerprint density at radius 3 is 2.90 bits per heavy atom. The summed E-state index contributed by atoms with van der Waals surface area (Å²) in [5, 5.41) is 0. The fraction of sp³-hybridized carbons (Fsp3) is 1.00. The number of hydrogen-bond donors (Lipinski definition) is 0. The predicted molar refractivity (Wildman–Crippen MR) is 50.6 cm³/mol. The maximum atomic E-state index is 3.64. The Labute approximate surface area is 79.7 Å². The van der Waals surface area contributed by atoms with E-state index in [9.17, 15) is 0 Å². The third kappa shape index (κ3) is 3.10. The zero-order valence-corrected chi connectivity index (χ0v) is 9.78. The topological polar surface area (TPSA) is 0 Å². The number of hydrogen-bond acceptors (Lipinski definition) is 0. The fourth-order valence-corrected chi connectivity index (χ4v) is 4.75. The molecule has 0 radical (unpaired) electrons. The van der Waals surface area contributed by atoms with Gasteiger partial charge in [-0.05, 0) is 12.3 Å². The van der Waals surface area contributed by atoms with Crippen molar-refractivity contribution < 1.29 is 0 Å². The number of halogens is 1. The van der Waals surface area contributed by atoms with Crippen LogP contribution in [0.1, 0.15) is 32.6 Å². The van der Waals surface area contributed by atoms with Gasteiger partial charge in [0.05, 0.1) is 0 Å². The lowest BCUT2D eigenvalue weighted by molar-refractivity contribution is 0.301. The molecule has 0 aromatic carbocycles. The Morgan fingerprint density at radius 2 is 2.30 bits per heavy atom. The first-order valence-electron chi connectivity index (χ1n) is 4.39. The molecular weight excluding hydrogens is 200 g/mol. The quantitative estimate of drug-likeness (QED) is 0.620. The molecule has 1 fully saturated rings. The molecule has 1 rings (SSSR count). The van der Waals surface area contributed by atoms with Crippen molar-refractivity contribution in [1.29, 1.82) is 0 Å². The van der Waals surface area contributed by atoms with E-state index in [1.54, 1.807) is 0 Å². The Morgan fingerprint density at radius 1 is 1.50 bits per heavy atom. The van der Waals surface area contributed by atoms with E-state index in [0.29, 0.717) is 0 Å². The summed E-state index contributed by atoms with van der Waals surface area (Å²) in [4.78, 5) is 0. The minimum atomic E-state index is 0.159. The highest BCUT2D eigenvalue weighted by atomic mass is 79.9.